The zero-order valence-corrected chi connectivity index (χ0v) is 26.5. The predicted octanol–water partition coefficient (Wildman–Crippen LogP) is 8.61. The fourth-order valence-electron chi connectivity index (χ4n) is 6.18. The van der Waals surface area contributed by atoms with Crippen LogP contribution in [0.2, 0.25) is 15.1 Å². The Balaban J connectivity index is 1.67. The second kappa shape index (κ2) is 12.6. The van der Waals surface area contributed by atoms with Crippen LogP contribution >= 0.6 is 34.8 Å². The van der Waals surface area contributed by atoms with Crippen molar-refractivity contribution >= 4 is 52.5 Å². The normalized spacial score (nSPS) is 22.8. The fraction of sp³-hybridized carbons (Fsp3) is 0.600. The first-order valence-corrected chi connectivity index (χ1v) is 15.4. The zero-order chi connectivity index (χ0) is 31.9. The number of aliphatic carboxylic acids is 1. The Labute approximate surface area is 263 Å². The third-order valence-electron chi connectivity index (χ3n) is 9.06. The van der Waals surface area contributed by atoms with Crippen molar-refractivity contribution in [2.75, 3.05) is 13.1 Å². The van der Waals surface area contributed by atoms with Gasteiger partial charge < -0.3 is 10.0 Å². The summed E-state index contributed by atoms with van der Waals surface area (Å²) in [6, 6.07) is 1.94. The Hall–Kier alpha value is -2.30. The molecule has 0 saturated heterocycles. The first-order chi connectivity index (χ1) is 19.9. The highest BCUT2D eigenvalue weighted by Gasteiger charge is 2.45. The molecule has 236 valence electrons. The molecule has 0 bridgehead atoms. The fourth-order valence-corrected chi connectivity index (χ4v) is 7.21. The molecule has 43 heavy (non-hydrogen) atoms. The van der Waals surface area contributed by atoms with Gasteiger partial charge in [0.05, 0.1) is 45.4 Å². The number of Topliss-reactive ketones (excluding diaryl/α,β-unsaturated/α-hetero) is 1. The number of alkyl halides is 3. The van der Waals surface area contributed by atoms with Crippen molar-refractivity contribution in [1.82, 2.24) is 14.7 Å². The molecule has 1 aromatic heterocycles. The van der Waals surface area contributed by atoms with Crippen molar-refractivity contribution in [2.24, 2.45) is 16.7 Å². The molecule has 2 fully saturated rings. The molecular weight excluding hydrogens is 630 g/mol. The number of benzene rings is 1. The molecule has 2 aliphatic carbocycles. The number of carboxylic acid groups (broad SMARTS) is 1. The van der Waals surface area contributed by atoms with Crippen LogP contribution in [0.4, 0.5) is 13.2 Å². The van der Waals surface area contributed by atoms with Gasteiger partial charge in [-0.1, -0.05) is 48.7 Å². The van der Waals surface area contributed by atoms with E-state index < -0.39 is 53.1 Å². The number of carboxylic acids is 1. The van der Waals surface area contributed by atoms with E-state index in [1.54, 1.807) is 6.92 Å². The minimum atomic E-state index is -4.93. The maximum atomic E-state index is 14.6. The number of carbonyl (C=O) groups excluding carboxylic acids is 2. The molecule has 2 aromatic rings. The number of amides is 1. The third-order valence-corrected chi connectivity index (χ3v) is 9.87. The topological polar surface area (TPSA) is 92.5 Å². The van der Waals surface area contributed by atoms with Gasteiger partial charge in [0.15, 0.2) is 11.5 Å². The number of hydrogen-bond acceptors (Lipinski definition) is 4. The molecule has 1 N–H and O–H groups in total. The van der Waals surface area contributed by atoms with Gasteiger partial charge in [-0.2, -0.15) is 18.3 Å². The Bertz CT molecular complexity index is 1370. The molecule has 7 nitrogen and oxygen atoms in total. The first kappa shape index (κ1) is 33.6. The lowest BCUT2D eigenvalue weighted by molar-refractivity contribution is -0.152. The van der Waals surface area contributed by atoms with E-state index in [1.807, 2.05) is 0 Å². The molecule has 0 unspecified atom stereocenters. The van der Waals surface area contributed by atoms with Gasteiger partial charge in [0.25, 0.3) is 5.91 Å². The summed E-state index contributed by atoms with van der Waals surface area (Å²) < 4.78 is 44.5. The lowest BCUT2D eigenvalue weighted by atomic mass is 9.73. The van der Waals surface area contributed by atoms with E-state index in [2.05, 4.69) is 18.9 Å². The first-order valence-electron chi connectivity index (χ1n) is 14.3. The second-order valence-electron chi connectivity index (χ2n) is 12.9. The van der Waals surface area contributed by atoms with Crippen molar-refractivity contribution < 1.29 is 32.7 Å². The Kier molecular flexibility index (Phi) is 9.84. The number of halogens is 6. The highest BCUT2D eigenvalue weighted by atomic mass is 35.5. The van der Waals surface area contributed by atoms with E-state index in [0.29, 0.717) is 0 Å². The molecule has 1 heterocycles. The van der Waals surface area contributed by atoms with Gasteiger partial charge in [-0.15, -0.1) is 0 Å². The molecule has 13 heteroatoms. The van der Waals surface area contributed by atoms with Crippen LogP contribution in [0.25, 0.3) is 0 Å². The molecule has 0 spiro atoms. The Morgan fingerprint density at radius 2 is 1.56 bits per heavy atom. The summed E-state index contributed by atoms with van der Waals surface area (Å²) in [5.74, 6) is -2.61. The van der Waals surface area contributed by atoms with E-state index in [4.69, 9.17) is 34.8 Å². The summed E-state index contributed by atoms with van der Waals surface area (Å²) in [5.41, 5.74) is -2.84. The largest absolute Gasteiger partial charge is 0.481 e. The number of ketones is 1. The van der Waals surface area contributed by atoms with E-state index in [0.717, 1.165) is 41.5 Å². The predicted molar refractivity (Wildman–Crippen MR) is 158 cm³/mol. The standard InChI is InChI=1S/C30H35Cl3F3N3O4/c1-28(2)8-4-17(5-9-28)15-38(16-23(40)24-21(32)12-18(31)13-22(24)33)26(41)20-14-37-39(25(20)30(34,35)36)19-6-10-29(3,11-7-19)27(42)43/h12-14,17,19H,4-11,15-16H2,1-3H3,(H,42,43). The quantitative estimate of drug-likeness (QED) is 0.285. The molecule has 4 rings (SSSR count). The summed E-state index contributed by atoms with van der Waals surface area (Å²) in [4.78, 5) is 40.2. The number of rotatable bonds is 8. The van der Waals surface area contributed by atoms with E-state index in [9.17, 15) is 32.7 Å². The van der Waals surface area contributed by atoms with Crippen LogP contribution in [-0.2, 0) is 11.0 Å². The van der Waals surface area contributed by atoms with Crippen molar-refractivity contribution in [1.29, 1.82) is 0 Å². The lowest BCUT2D eigenvalue weighted by Gasteiger charge is -2.36. The van der Waals surface area contributed by atoms with Gasteiger partial charge in [0.2, 0.25) is 0 Å². The van der Waals surface area contributed by atoms with Crippen LogP contribution < -0.4 is 0 Å². The third kappa shape index (κ3) is 7.51. The smallest absolute Gasteiger partial charge is 0.433 e. The van der Waals surface area contributed by atoms with Crippen LogP contribution in [0.5, 0.6) is 0 Å². The minimum absolute atomic E-state index is 0.0163. The van der Waals surface area contributed by atoms with Gasteiger partial charge in [-0.3, -0.25) is 19.1 Å². The number of nitrogens with zero attached hydrogens (tertiary/aromatic N) is 3. The van der Waals surface area contributed by atoms with Crippen LogP contribution in [0.3, 0.4) is 0 Å². The van der Waals surface area contributed by atoms with Crippen LogP contribution in [0.15, 0.2) is 18.3 Å². The monoisotopic (exact) mass is 663 g/mol. The second-order valence-corrected chi connectivity index (χ2v) is 14.2. The summed E-state index contributed by atoms with van der Waals surface area (Å²) in [6.45, 7) is 5.41. The van der Waals surface area contributed by atoms with Gasteiger partial charge in [0.1, 0.15) is 0 Å². The molecule has 0 aliphatic heterocycles. The Morgan fingerprint density at radius 1 is 1.00 bits per heavy atom. The average molecular weight is 665 g/mol. The summed E-state index contributed by atoms with van der Waals surface area (Å²) >= 11 is 18.5. The summed E-state index contributed by atoms with van der Waals surface area (Å²) in [5, 5.41) is 13.7. The van der Waals surface area contributed by atoms with E-state index >= 15 is 0 Å². The van der Waals surface area contributed by atoms with E-state index in [-0.39, 0.29) is 64.2 Å². The van der Waals surface area contributed by atoms with Crippen molar-refractivity contribution in [3.8, 4) is 0 Å². The molecule has 1 amide bonds. The number of carbonyl (C=O) groups is 3. The SMILES string of the molecule is CC1(C)CCC(CN(CC(=O)c2c(Cl)cc(Cl)cc2Cl)C(=O)c2cnn(C3CCC(C)(C(=O)O)CC3)c2C(F)(F)F)CC1. The van der Waals surface area contributed by atoms with Gasteiger partial charge in [-0.25, -0.2) is 0 Å². The van der Waals surface area contributed by atoms with Crippen LogP contribution in [0.1, 0.15) is 105 Å². The Morgan fingerprint density at radius 3 is 2.07 bits per heavy atom. The molecule has 0 radical (unpaired) electrons. The van der Waals surface area contributed by atoms with Crippen LogP contribution in [-0.4, -0.2) is 50.5 Å². The molecule has 0 atom stereocenters. The maximum Gasteiger partial charge on any atom is 0.433 e. The highest BCUT2D eigenvalue weighted by molar-refractivity contribution is 6.42. The van der Waals surface area contributed by atoms with Crippen molar-refractivity contribution in [2.45, 2.75) is 84.4 Å². The molecular formula is C30H35Cl3F3N3O4. The van der Waals surface area contributed by atoms with E-state index in [1.165, 1.54) is 12.1 Å². The summed E-state index contributed by atoms with van der Waals surface area (Å²) in [6.07, 6.45) is -0.0852. The average Bonchev–Trinajstić information content (AvgIpc) is 3.35. The number of aromatic nitrogens is 2. The van der Waals surface area contributed by atoms with Gasteiger partial charge >= 0.3 is 12.1 Å². The number of hydrogen-bond donors (Lipinski definition) is 1. The highest BCUT2D eigenvalue weighted by Crippen LogP contribution is 2.44. The maximum absolute atomic E-state index is 14.6. The molecule has 1 aromatic carbocycles. The summed E-state index contributed by atoms with van der Waals surface area (Å²) in [7, 11) is 0. The van der Waals surface area contributed by atoms with Crippen LogP contribution in [0, 0.1) is 16.7 Å². The van der Waals surface area contributed by atoms with Gasteiger partial charge in [-0.05, 0) is 81.8 Å². The molecule has 2 aliphatic rings. The van der Waals surface area contributed by atoms with Gasteiger partial charge in [0, 0.05) is 11.6 Å². The van der Waals surface area contributed by atoms with Crippen molar-refractivity contribution in [3.63, 3.8) is 0 Å². The zero-order valence-electron chi connectivity index (χ0n) is 24.2. The van der Waals surface area contributed by atoms with Crippen molar-refractivity contribution in [3.05, 3.63) is 50.2 Å². The molecule has 2 saturated carbocycles. The minimum Gasteiger partial charge on any atom is -0.481 e. The lowest BCUT2D eigenvalue weighted by Crippen LogP contribution is -2.41.